The Morgan fingerprint density at radius 1 is 1.13 bits per heavy atom. The molecule has 0 radical (unpaired) electrons. The van der Waals surface area contributed by atoms with Crippen LogP contribution in [0.3, 0.4) is 0 Å². The number of esters is 2. The number of ether oxygens (including phenoxy) is 2. The molecule has 0 amide bonds. The molecule has 1 aliphatic rings. The van der Waals surface area contributed by atoms with Crippen LogP contribution in [0.15, 0.2) is 36.4 Å². The van der Waals surface area contributed by atoms with Crippen molar-refractivity contribution in [1.29, 1.82) is 0 Å². The maximum atomic E-state index is 12.4. The van der Waals surface area contributed by atoms with Gasteiger partial charge in [0.15, 0.2) is 5.41 Å². The summed E-state index contributed by atoms with van der Waals surface area (Å²) in [6.07, 6.45) is 4.42. The summed E-state index contributed by atoms with van der Waals surface area (Å²) < 4.78 is 9.84. The SMILES string of the molecule is CCC/C=C(\c1ccccc1)C1(C)CC1(C(=O)OC)C(=O)OC. The van der Waals surface area contributed by atoms with Gasteiger partial charge >= 0.3 is 11.9 Å². The highest BCUT2D eigenvalue weighted by atomic mass is 16.5. The van der Waals surface area contributed by atoms with Gasteiger partial charge < -0.3 is 9.47 Å². The molecule has 1 saturated carbocycles. The van der Waals surface area contributed by atoms with Crippen LogP contribution < -0.4 is 0 Å². The summed E-state index contributed by atoms with van der Waals surface area (Å²) in [5.74, 6) is -1.05. The van der Waals surface area contributed by atoms with Crippen molar-refractivity contribution in [1.82, 2.24) is 0 Å². The van der Waals surface area contributed by atoms with Gasteiger partial charge in [0.1, 0.15) is 0 Å². The van der Waals surface area contributed by atoms with E-state index in [1.807, 2.05) is 37.3 Å². The van der Waals surface area contributed by atoms with E-state index in [4.69, 9.17) is 9.47 Å². The van der Waals surface area contributed by atoms with Gasteiger partial charge in [-0.05, 0) is 24.0 Å². The number of rotatable bonds is 6. The van der Waals surface area contributed by atoms with Gasteiger partial charge in [-0.2, -0.15) is 0 Å². The third-order valence-electron chi connectivity index (χ3n) is 4.82. The minimum atomic E-state index is -1.24. The number of benzene rings is 1. The van der Waals surface area contributed by atoms with E-state index < -0.39 is 22.8 Å². The fourth-order valence-electron chi connectivity index (χ4n) is 3.41. The molecular weight excluding hydrogens is 292 g/mol. The van der Waals surface area contributed by atoms with Gasteiger partial charge in [-0.25, -0.2) is 0 Å². The third kappa shape index (κ3) is 2.67. The molecule has 124 valence electrons. The molecule has 4 nitrogen and oxygen atoms in total. The van der Waals surface area contributed by atoms with Crippen LogP contribution in [-0.4, -0.2) is 26.2 Å². The van der Waals surface area contributed by atoms with E-state index in [2.05, 4.69) is 13.0 Å². The van der Waals surface area contributed by atoms with Gasteiger partial charge in [-0.1, -0.05) is 56.7 Å². The second-order valence-corrected chi connectivity index (χ2v) is 6.17. The van der Waals surface area contributed by atoms with Gasteiger partial charge in [-0.3, -0.25) is 9.59 Å². The molecule has 1 aromatic carbocycles. The molecule has 0 aliphatic heterocycles. The number of carbonyl (C=O) groups is 2. The molecule has 0 heterocycles. The Hall–Kier alpha value is -2.10. The molecule has 1 aliphatic carbocycles. The Bertz CT molecular complexity index is 602. The molecule has 2 rings (SSSR count). The summed E-state index contributed by atoms with van der Waals surface area (Å²) in [5.41, 5.74) is 0.184. The Balaban J connectivity index is 2.51. The normalized spacial score (nSPS) is 22.3. The molecule has 0 N–H and O–H groups in total. The highest BCUT2D eigenvalue weighted by Gasteiger charge is 2.77. The van der Waals surface area contributed by atoms with Crippen LogP contribution in [0.1, 0.15) is 38.7 Å². The van der Waals surface area contributed by atoms with E-state index in [-0.39, 0.29) is 0 Å². The molecule has 0 aromatic heterocycles. The highest BCUT2D eigenvalue weighted by molar-refractivity contribution is 6.08. The van der Waals surface area contributed by atoms with Crippen molar-refractivity contribution in [2.24, 2.45) is 10.8 Å². The first-order valence-electron chi connectivity index (χ1n) is 7.90. The average molecular weight is 316 g/mol. The molecule has 1 aromatic rings. The summed E-state index contributed by atoms with van der Waals surface area (Å²) in [6, 6.07) is 9.87. The topological polar surface area (TPSA) is 52.6 Å². The monoisotopic (exact) mass is 316 g/mol. The summed E-state index contributed by atoms with van der Waals surface area (Å²) in [4.78, 5) is 24.7. The Morgan fingerprint density at radius 2 is 1.70 bits per heavy atom. The van der Waals surface area contributed by atoms with Crippen molar-refractivity contribution < 1.29 is 19.1 Å². The first kappa shape index (κ1) is 17.3. The average Bonchev–Trinajstić information content (AvgIpc) is 3.22. The van der Waals surface area contributed by atoms with Crippen LogP contribution in [0, 0.1) is 10.8 Å². The van der Waals surface area contributed by atoms with Crippen molar-refractivity contribution >= 4 is 17.5 Å². The lowest BCUT2D eigenvalue weighted by Gasteiger charge is -2.22. The maximum absolute atomic E-state index is 12.4. The molecule has 0 saturated heterocycles. The smallest absolute Gasteiger partial charge is 0.324 e. The molecule has 1 unspecified atom stereocenters. The van der Waals surface area contributed by atoms with Crippen LogP contribution in [0.5, 0.6) is 0 Å². The quantitative estimate of drug-likeness (QED) is 0.594. The summed E-state index contributed by atoms with van der Waals surface area (Å²) >= 11 is 0. The molecule has 4 heteroatoms. The van der Waals surface area contributed by atoms with Crippen molar-refractivity contribution in [3.8, 4) is 0 Å². The van der Waals surface area contributed by atoms with Crippen LogP contribution in [0.25, 0.3) is 5.57 Å². The zero-order chi connectivity index (χ0) is 17.1. The molecular formula is C19H24O4. The Kier molecular flexibility index (Phi) is 4.93. The van der Waals surface area contributed by atoms with E-state index in [1.54, 1.807) is 0 Å². The van der Waals surface area contributed by atoms with Gasteiger partial charge in [0.2, 0.25) is 0 Å². The number of hydrogen-bond donors (Lipinski definition) is 0. The first-order valence-corrected chi connectivity index (χ1v) is 7.90. The predicted octanol–water partition coefficient (Wildman–Crippen LogP) is 3.61. The van der Waals surface area contributed by atoms with Gasteiger partial charge in [0.25, 0.3) is 0 Å². The van der Waals surface area contributed by atoms with E-state index in [0.717, 1.165) is 24.0 Å². The van der Waals surface area contributed by atoms with Crippen LogP contribution >= 0.6 is 0 Å². The van der Waals surface area contributed by atoms with Gasteiger partial charge in [0, 0.05) is 5.41 Å². The van der Waals surface area contributed by atoms with E-state index in [0.29, 0.717) is 6.42 Å². The lowest BCUT2D eigenvalue weighted by Crippen LogP contribution is -2.34. The first-order chi connectivity index (χ1) is 11.0. The summed E-state index contributed by atoms with van der Waals surface area (Å²) in [6.45, 7) is 4.04. The zero-order valence-corrected chi connectivity index (χ0v) is 14.2. The van der Waals surface area contributed by atoms with Gasteiger partial charge in [-0.15, -0.1) is 0 Å². The van der Waals surface area contributed by atoms with Crippen molar-refractivity contribution in [2.75, 3.05) is 14.2 Å². The second kappa shape index (κ2) is 6.57. The lowest BCUT2D eigenvalue weighted by molar-refractivity contribution is -0.162. The number of allylic oxidation sites excluding steroid dienone is 2. The number of methoxy groups -OCH3 is 2. The lowest BCUT2D eigenvalue weighted by atomic mass is 9.82. The van der Waals surface area contributed by atoms with Crippen molar-refractivity contribution in [3.63, 3.8) is 0 Å². The zero-order valence-electron chi connectivity index (χ0n) is 14.2. The second-order valence-electron chi connectivity index (χ2n) is 6.17. The molecule has 0 bridgehead atoms. The van der Waals surface area contributed by atoms with E-state index >= 15 is 0 Å². The molecule has 1 fully saturated rings. The largest absolute Gasteiger partial charge is 0.468 e. The van der Waals surface area contributed by atoms with Crippen LogP contribution in [0.4, 0.5) is 0 Å². The number of hydrogen-bond acceptors (Lipinski definition) is 4. The van der Waals surface area contributed by atoms with E-state index in [1.165, 1.54) is 14.2 Å². The standard InChI is InChI=1S/C19H24O4/c1-5-6-12-15(14-10-8-7-9-11-14)18(2)13-19(18,16(20)22-3)17(21)23-4/h7-12H,5-6,13H2,1-4H3/b15-12+. The molecule has 1 atom stereocenters. The van der Waals surface area contributed by atoms with Crippen LogP contribution in [-0.2, 0) is 19.1 Å². The number of unbranched alkanes of at least 4 members (excludes halogenated alkanes) is 1. The number of carbonyl (C=O) groups excluding carboxylic acids is 2. The summed E-state index contributed by atoms with van der Waals surface area (Å²) in [5, 5.41) is 0. The predicted molar refractivity (Wildman–Crippen MR) is 88.5 cm³/mol. The van der Waals surface area contributed by atoms with E-state index in [9.17, 15) is 9.59 Å². The van der Waals surface area contributed by atoms with Crippen molar-refractivity contribution in [3.05, 3.63) is 42.0 Å². The maximum Gasteiger partial charge on any atom is 0.324 e. The Labute approximate surface area is 137 Å². The molecule has 0 spiro atoms. The van der Waals surface area contributed by atoms with Crippen molar-refractivity contribution in [2.45, 2.75) is 33.1 Å². The summed E-state index contributed by atoms with van der Waals surface area (Å²) in [7, 11) is 2.62. The van der Waals surface area contributed by atoms with Crippen LogP contribution in [0.2, 0.25) is 0 Å². The molecule has 23 heavy (non-hydrogen) atoms. The van der Waals surface area contributed by atoms with Gasteiger partial charge in [0.05, 0.1) is 14.2 Å². The fraction of sp³-hybridized carbons (Fsp3) is 0.474. The fourth-order valence-corrected chi connectivity index (χ4v) is 3.41. The third-order valence-corrected chi connectivity index (χ3v) is 4.82. The Morgan fingerprint density at radius 3 is 2.17 bits per heavy atom. The minimum Gasteiger partial charge on any atom is -0.468 e. The minimum absolute atomic E-state index is 0.407. The highest BCUT2D eigenvalue weighted by Crippen LogP contribution is 2.70.